The Bertz CT molecular complexity index is 953. The molecule has 2 aromatic heterocycles. The quantitative estimate of drug-likeness (QED) is 0.465. The summed E-state index contributed by atoms with van der Waals surface area (Å²) in [5.41, 5.74) is 3.19. The van der Waals surface area contributed by atoms with Gasteiger partial charge in [-0.1, -0.05) is 35.5 Å². The summed E-state index contributed by atoms with van der Waals surface area (Å²) in [6.45, 7) is 5.74. The first kappa shape index (κ1) is 20.9. The molecule has 1 aromatic carbocycles. The Morgan fingerprint density at radius 3 is 2.68 bits per heavy atom. The van der Waals surface area contributed by atoms with E-state index in [4.69, 9.17) is 9.26 Å². The van der Waals surface area contributed by atoms with Gasteiger partial charge < -0.3 is 19.5 Å². The van der Waals surface area contributed by atoms with Crippen molar-refractivity contribution >= 4 is 5.96 Å². The maximum absolute atomic E-state index is 5.84. The minimum Gasteiger partial charge on any atom is -0.473 e. The molecule has 1 aliphatic heterocycles. The van der Waals surface area contributed by atoms with Crippen LogP contribution >= 0.6 is 0 Å². The van der Waals surface area contributed by atoms with Gasteiger partial charge in [0, 0.05) is 64.6 Å². The van der Waals surface area contributed by atoms with Crippen LogP contribution in [0.2, 0.25) is 0 Å². The largest absolute Gasteiger partial charge is 0.473 e. The first-order valence-electron chi connectivity index (χ1n) is 10.5. The third-order valence-corrected chi connectivity index (χ3v) is 5.24. The highest BCUT2D eigenvalue weighted by Gasteiger charge is 2.20. The van der Waals surface area contributed by atoms with Gasteiger partial charge >= 0.3 is 0 Å². The minimum absolute atomic E-state index is 0.505. The molecule has 1 saturated heterocycles. The number of aromatic nitrogens is 2. The highest BCUT2D eigenvalue weighted by molar-refractivity contribution is 5.80. The Balaban J connectivity index is 1.25. The number of pyridine rings is 1. The Morgan fingerprint density at radius 2 is 1.94 bits per heavy atom. The number of benzene rings is 1. The number of nitrogens with one attached hydrogen (secondary N) is 1. The molecule has 162 valence electrons. The van der Waals surface area contributed by atoms with E-state index in [1.165, 1.54) is 0 Å². The zero-order valence-corrected chi connectivity index (χ0v) is 17.8. The Hall–Kier alpha value is -3.39. The SMILES string of the molecule is CN=C(NCc1ccnc(OCc2ccccc2)c1)N1CCN(Cc2ccon2)CC1. The first-order valence-corrected chi connectivity index (χ1v) is 10.5. The van der Waals surface area contributed by atoms with Crippen LogP contribution in [0.25, 0.3) is 0 Å². The van der Waals surface area contributed by atoms with Crippen LogP contribution in [-0.4, -0.2) is 59.1 Å². The molecule has 0 unspecified atom stereocenters. The first-order chi connectivity index (χ1) is 15.3. The van der Waals surface area contributed by atoms with Crippen LogP contribution < -0.4 is 10.1 Å². The van der Waals surface area contributed by atoms with E-state index in [0.29, 0.717) is 19.0 Å². The molecule has 1 aliphatic rings. The zero-order valence-electron chi connectivity index (χ0n) is 17.8. The lowest BCUT2D eigenvalue weighted by Gasteiger charge is -2.36. The zero-order chi connectivity index (χ0) is 21.3. The average Bonchev–Trinajstić information content (AvgIpc) is 3.33. The Morgan fingerprint density at radius 1 is 1.10 bits per heavy atom. The van der Waals surface area contributed by atoms with E-state index >= 15 is 0 Å². The highest BCUT2D eigenvalue weighted by Crippen LogP contribution is 2.12. The molecule has 31 heavy (non-hydrogen) atoms. The molecule has 3 heterocycles. The van der Waals surface area contributed by atoms with E-state index in [1.54, 1.807) is 12.5 Å². The van der Waals surface area contributed by atoms with Crippen LogP contribution in [-0.2, 0) is 19.7 Å². The summed E-state index contributed by atoms with van der Waals surface area (Å²) in [6, 6.07) is 16.0. The highest BCUT2D eigenvalue weighted by atomic mass is 16.5. The maximum Gasteiger partial charge on any atom is 0.213 e. The fraction of sp³-hybridized carbons (Fsp3) is 0.348. The van der Waals surface area contributed by atoms with Gasteiger partial charge in [0.05, 0.1) is 5.69 Å². The lowest BCUT2D eigenvalue weighted by Crippen LogP contribution is -2.52. The molecule has 0 aliphatic carbocycles. The molecule has 1 N–H and O–H groups in total. The second-order valence-corrected chi connectivity index (χ2v) is 7.43. The van der Waals surface area contributed by atoms with Crippen molar-refractivity contribution in [2.24, 2.45) is 4.99 Å². The van der Waals surface area contributed by atoms with Crippen molar-refractivity contribution in [3.63, 3.8) is 0 Å². The van der Waals surface area contributed by atoms with Crippen molar-refractivity contribution in [3.05, 3.63) is 77.8 Å². The van der Waals surface area contributed by atoms with E-state index in [2.05, 4.69) is 30.2 Å². The molecule has 3 aromatic rings. The molecule has 0 bridgehead atoms. The maximum atomic E-state index is 5.84. The average molecular weight is 421 g/mol. The topological polar surface area (TPSA) is 79.0 Å². The molecule has 1 fully saturated rings. The summed E-state index contributed by atoms with van der Waals surface area (Å²) in [6.07, 6.45) is 3.40. The molecule has 0 atom stereocenters. The minimum atomic E-state index is 0.505. The number of ether oxygens (including phenoxy) is 1. The summed E-state index contributed by atoms with van der Waals surface area (Å²) in [7, 11) is 1.82. The van der Waals surface area contributed by atoms with Crippen LogP contribution in [0.4, 0.5) is 0 Å². The van der Waals surface area contributed by atoms with E-state index in [1.807, 2.05) is 55.6 Å². The predicted molar refractivity (Wildman–Crippen MR) is 119 cm³/mol. The van der Waals surface area contributed by atoms with Crippen LogP contribution in [0.3, 0.4) is 0 Å². The smallest absolute Gasteiger partial charge is 0.213 e. The van der Waals surface area contributed by atoms with Gasteiger partial charge in [-0.15, -0.1) is 0 Å². The van der Waals surface area contributed by atoms with Gasteiger partial charge in [-0.25, -0.2) is 4.98 Å². The second kappa shape index (κ2) is 10.6. The van der Waals surface area contributed by atoms with Crippen molar-refractivity contribution in [1.82, 2.24) is 25.3 Å². The summed E-state index contributed by atoms with van der Waals surface area (Å²) >= 11 is 0. The molecule has 8 heteroatoms. The molecule has 0 saturated carbocycles. The van der Waals surface area contributed by atoms with Crippen LogP contribution in [0.1, 0.15) is 16.8 Å². The molecule has 4 rings (SSSR count). The van der Waals surface area contributed by atoms with E-state index in [-0.39, 0.29) is 0 Å². The molecular formula is C23H28N6O2. The third kappa shape index (κ3) is 6.05. The van der Waals surface area contributed by atoms with Crippen molar-refractivity contribution in [3.8, 4) is 5.88 Å². The van der Waals surface area contributed by atoms with E-state index in [0.717, 1.165) is 55.5 Å². The van der Waals surface area contributed by atoms with Crippen molar-refractivity contribution in [2.75, 3.05) is 33.2 Å². The van der Waals surface area contributed by atoms with E-state index < -0.39 is 0 Å². The van der Waals surface area contributed by atoms with Crippen LogP contribution in [0, 0.1) is 0 Å². The summed E-state index contributed by atoms with van der Waals surface area (Å²) in [5, 5.41) is 7.46. The van der Waals surface area contributed by atoms with Crippen molar-refractivity contribution < 1.29 is 9.26 Å². The van der Waals surface area contributed by atoms with Gasteiger partial charge in [-0.05, 0) is 17.2 Å². The van der Waals surface area contributed by atoms with Gasteiger partial charge in [0.1, 0.15) is 12.9 Å². The summed E-state index contributed by atoms with van der Waals surface area (Å²) in [4.78, 5) is 13.4. The Labute approximate surface area is 182 Å². The van der Waals surface area contributed by atoms with Gasteiger partial charge in [-0.3, -0.25) is 9.89 Å². The second-order valence-electron chi connectivity index (χ2n) is 7.43. The number of rotatable bonds is 7. The number of nitrogens with zero attached hydrogens (tertiary/aromatic N) is 5. The van der Waals surface area contributed by atoms with Gasteiger partial charge in [0.15, 0.2) is 5.96 Å². The van der Waals surface area contributed by atoms with Crippen molar-refractivity contribution in [2.45, 2.75) is 19.7 Å². The molecule has 0 spiro atoms. The van der Waals surface area contributed by atoms with Gasteiger partial charge in [0.25, 0.3) is 0 Å². The normalized spacial score (nSPS) is 15.1. The summed E-state index contributed by atoms with van der Waals surface area (Å²) < 4.78 is 10.8. The van der Waals surface area contributed by atoms with Crippen molar-refractivity contribution in [1.29, 1.82) is 0 Å². The fourth-order valence-corrected chi connectivity index (χ4v) is 3.55. The fourth-order valence-electron chi connectivity index (χ4n) is 3.55. The number of aliphatic imine (C=N–C) groups is 1. The Kier molecular flexibility index (Phi) is 7.12. The summed E-state index contributed by atoms with van der Waals surface area (Å²) in [5.74, 6) is 1.53. The standard InChI is InChI=1S/C23H28N6O2/c1-24-23(29-12-10-28(11-13-29)17-21-8-14-31-27-21)26-16-20-7-9-25-22(15-20)30-18-19-5-3-2-4-6-19/h2-9,14-15H,10-13,16-18H2,1H3,(H,24,26). The number of guanidine groups is 1. The molecule has 0 amide bonds. The molecule has 0 radical (unpaired) electrons. The number of piperazine rings is 1. The van der Waals surface area contributed by atoms with Crippen LogP contribution in [0.5, 0.6) is 5.88 Å². The molecular weight excluding hydrogens is 392 g/mol. The number of hydrogen-bond donors (Lipinski definition) is 1. The van der Waals surface area contributed by atoms with Crippen LogP contribution in [0.15, 0.2) is 70.5 Å². The third-order valence-electron chi connectivity index (χ3n) is 5.24. The lowest BCUT2D eigenvalue weighted by molar-refractivity contribution is 0.169. The predicted octanol–water partition coefficient (Wildman–Crippen LogP) is 2.54. The monoisotopic (exact) mass is 420 g/mol. The molecule has 8 nitrogen and oxygen atoms in total. The van der Waals surface area contributed by atoms with Gasteiger partial charge in [0.2, 0.25) is 5.88 Å². The van der Waals surface area contributed by atoms with E-state index in [9.17, 15) is 0 Å². The van der Waals surface area contributed by atoms with Gasteiger partial charge in [-0.2, -0.15) is 0 Å². The lowest BCUT2D eigenvalue weighted by atomic mass is 10.2. The number of hydrogen-bond acceptors (Lipinski definition) is 6.